The van der Waals surface area contributed by atoms with Gasteiger partial charge >= 0.3 is 11.9 Å². The molecule has 0 saturated carbocycles. The van der Waals surface area contributed by atoms with E-state index < -0.39 is 0 Å². The summed E-state index contributed by atoms with van der Waals surface area (Å²) in [6, 6.07) is 1.91. The van der Waals surface area contributed by atoms with Crippen LogP contribution in [0.1, 0.15) is 51.5 Å². The number of ether oxygens (including phenoxy) is 2. The van der Waals surface area contributed by atoms with Crippen LogP contribution in [0.25, 0.3) is 0 Å². The smallest absolute Gasteiger partial charge is 0.333 e. The average Bonchev–Trinajstić information content (AvgIpc) is 3.17. The number of aryl methyl sites for hydroxylation is 1. The quantitative estimate of drug-likeness (QED) is 0.312. The van der Waals surface area contributed by atoms with Crippen LogP contribution < -0.4 is 0 Å². The SMILES string of the molecule is COC(=O)/C(=C\CCc1ccoc1)CC/C=C(\CCC=C(C)C)C(=O)OC. The first-order chi connectivity index (χ1) is 13.0. The first kappa shape index (κ1) is 22.5. The number of furan rings is 1. The normalized spacial score (nSPS) is 11.9. The van der Waals surface area contributed by atoms with Crippen molar-refractivity contribution in [1.29, 1.82) is 0 Å². The van der Waals surface area contributed by atoms with E-state index in [1.807, 2.05) is 32.1 Å². The van der Waals surface area contributed by atoms with Crippen molar-refractivity contribution in [3.63, 3.8) is 0 Å². The van der Waals surface area contributed by atoms with Gasteiger partial charge in [0.15, 0.2) is 0 Å². The second-order valence-electron chi connectivity index (χ2n) is 6.47. The Balaban J connectivity index is 2.69. The minimum absolute atomic E-state index is 0.319. The zero-order valence-electron chi connectivity index (χ0n) is 16.7. The maximum Gasteiger partial charge on any atom is 0.333 e. The molecule has 0 fully saturated rings. The highest BCUT2D eigenvalue weighted by molar-refractivity contribution is 5.89. The van der Waals surface area contributed by atoms with Crippen LogP contribution in [0.15, 0.2) is 58.0 Å². The lowest BCUT2D eigenvalue weighted by Gasteiger charge is -2.07. The predicted molar refractivity (Wildman–Crippen MR) is 105 cm³/mol. The lowest BCUT2D eigenvalue weighted by atomic mass is 10.0. The van der Waals surface area contributed by atoms with Crippen LogP contribution in [0.3, 0.4) is 0 Å². The van der Waals surface area contributed by atoms with Gasteiger partial charge in [-0.15, -0.1) is 0 Å². The van der Waals surface area contributed by atoms with Crippen molar-refractivity contribution in [2.45, 2.75) is 52.4 Å². The molecular formula is C22H30O5. The summed E-state index contributed by atoms with van der Waals surface area (Å²) in [6.07, 6.45) is 13.2. The molecule has 0 aliphatic carbocycles. The highest BCUT2D eigenvalue weighted by Crippen LogP contribution is 2.16. The second kappa shape index (κ2) is 12.7. The van der Waals surface area contributed by atoms with E-state index in [0.717, 1.165) is 24.8 Å². The molecule has 5 nitrogen and oxygen atoms in total. The summed E-state index contributed by atoms with van der Waals surface area (Å²) in [6.45, 7) is 4.05. The fourth-order valence-corrected chi connectivity index (χ4v) is 2.60. The Hall–Kier alpha value is -2.56. The molecule has 0 aliphatic heterocycles. The van der Waals surface area contributed by atoms with Crippen LogP contribution in [-0.2, 0) is 25.5 Å². The molecule has 0 bridgehead atoms. The molecule has 0 unspecified atom stereocenters. The van der Waals surface area contributed by atoms with Crippen molar-refractivity contribution in [1.82, 2.24) is 0 Å². The van der Waals surface area contributed by atoms with E-state index in [0.29, 0.717) is 30.4 Å². The minimum Gasteiger partial charge on any atom is -0.472 e. The number of hydrogen-bond donors (Lipinski definition) is 0. The van der Waals surface area contributed by atoms with Crippen molar-refractivity contribution in [3.8, 4) is 0 Å². The Morgan fingerprint density at radius 3 is 1.96 bits per heavy atom. The molecule has 1 aromatic heterocycles. The van der Waals surface area contributed by atoms with Gasteiger partial charge in [0.25, 0.3) is 0 Å². The fraction of sp³-hybridized carbons (Fsp3) is 0.455. The Morgan fingerprint density at radius 2 is 1.48 bits per heavy atom. The fourth-order valence-electron chi connectivity index (χ4n) is 2.60. The summed E-state index contributed by atoms with van der Waals surface area (Å²) in [5.74, 6) is -0.652. The molecule has 0 N–H and O–H groups in total. The number of rotatable bonds is 11. The summed E-state index contributed by atoms with van der Waals surface area (Å²) >= 11 is 0. The Bertz CT molecular complexity index is 674. The minimum atomic E-state index is -0.334. The van der Waals surface area contributed by atoms with Crippen LogP contribution in [0, 0.1) is 0 Å². The topological polar surface area (TPSA) is 65.7 Å². The molecule has 0 spiro atoms. The number of carbonyl (C=O) groups excluding carboxylic acids is 2. The van der Waals surface area contributed by atoms with Gasteiger partial charge in [0, 0.05) is 11.1 Å². The first-order valence-electron chi connectivity index (χ1n) is 9.17. The van der Waals surface area contributed by atoms with Gasteiger partial charge in [-0.3, -0.25) is 0 Å². The van der Waals surface area contributed by atoms with E-state index in [1.54, 1.807) is 12.5 Å². The molecular weight excluding hydrogens is 344 g/mol. The molecule has 0 atom stereocenters. The van der Waals surface area contributed by atoms with Crippen LogP contribution in [0.5, 0.6) is 0 Å². The summed E-state index contributed by atoms with van der Waals surface area (Å²) in [7, 11) is 2.76. The summed E-state index contributed by atoms with van der Waals surface area (Å²) in [5.41, 5.74) is 3.55. The molecule has 1 heterocycles. The van der Waals surface area contributed by atoms with Crippen molar-refractivity contribution in [2.24, 2.45) is 0 Å². The summed E-state index contributed by atoms with van der Waals surface area (Å²) < 4.78 is 14.8. The summed E-state index contributed by atoms with van der Waals surface area (Å²) in [4.78, 5) is 23.9. The molecule has 1 aromatic rings. The highest BCUT2D eigenvalue weighted by Gasteiger charge is 2.11. The van der Waals surface area contributed by atoms with Crippen molar-refractivity contribution in [2.75, 3.05) is 14.2 Å². The maximum atomic E-state index is 12.0. The zero-order valence-corrected chi connectivity index (χ0v) is 16.7. The average molecular weight is 374 g/mol. The van der Waals surface area contributed by atoms with Gasteiger partial charge in [0.1, 0.15) is 0 Å². The lowest BCUT2D eigenvalue weighted by molar-refractivity contribution is -0.137. The van der Waals surface area contributed by atoms with Gasteiger partial charge in [0.05, 0.1) is 26.7 Å². The highest BCUT2D eigenvalue weighted by atomic mass is 16.5. The third kappa shape index (κ3) is 9.08. The number of esters is 2. The Labute approximate surface area is 161 Å². The molecule has 0 amide bonds. The van der Waals surface area contributed by atoms with Gasteiger partial charge in [-0.25, -0.2) is 9.59 Å². The lowest BCUT2D eigenvalue weighted by Crippen LogP contribution is -2.07. The van der Waals surface area contributed by atoms with E-state index >= 15 is 0 Å². The molecule has 0 aliphatic rings. The monoisotopic (exact) mass is 374 g/mol. The maximum absolute atomic E-state index is 12.0. The third-order valence-corrected chi connectivity index (χ3v) is 4.07. The van der Waals surface area contributed by atoms with Gasteiger partial charge in [0.2, 0.25) is 0 Å². The number of methoxy groups -OCH3 is 2. The van der Waals surface area contributed by atoms with Crippen LogP contribution >= 0.6 is 0 Å². The van der Waals surface area contributed by atoms with Gasteiger partial charge < -0.3 is 13.9 Å². The van der Waals surface area contributed by atoms with Crippen LogP contribution in [0.2, 0.25) is 0 Å². The molecule has 0 saturated heterocycles. The third-order valence-electron chi connectivity index (χ3n) is 4.07. The van der Waals surface area contributed by atoms with Crippen LogP contribution in [0.4, 0.5) is 0 Å². The molecule has 148 valence electrons. The van der Waals surface area contributed by atoms with Crippen molar-refractivity contribution in [3.05, 3.63) is 59.1 Å². The van der Waals surface area contributed by atoms with Crippen molar-refractivity contribution >= 4 is 11.9 Å². The van der Waals surface area contributed by atoms with Crippen LogP contribution in [-0.4, -0.2) is 26.2 Å². The molecule has 0 radical (unpaired) electrons. The van der Waals surface area contributed by atoms with E-state index in [9.17, 15) is 9.59 Å². The molecule has 5 heteroatoms. The van der Waals surface area contributed by atoms with Crippen molar-refractivity contribution < 1.29 is 23.5 Å². The molecule has 0 aromatic carbocycles. The van der Waals surface area contributed by atoms with E-state index in [1.165, 1.54) is 19.8 Å². The van der Waals surface area contributed by atoms with Gasteiger partial charge in [-0.2, -0.15) is 0 Å². The summed E-state index contributed by atoms with van der Waals surface area (Å²) in [5, 5.41) is 0. The van der Waals surface area contributed by atoms with Gasteiger partial charge in [-0.05, 0) is 64.0 Å². The largest absolute Gasteiger partial charge is 0.472 e. The Morgan fingerprint density at radius 1 is 0.926 bits per heavy atom. The number of allylic oxidation sites excluding steroid dienone is 4. The molecule has 27 heavy (non-hydrogen) atoms. The van der Waals surface area contributed by atoms with E-state index in [2.05, 4.69) is 6.08 Å². The first-order valence-corrected chi connectivity index (χ1v) is 9.17. The Kier molecular flexibility index (Phi) is 10.6. The zero-order chi connectivity index (χ0) is 20.1. The number of carbonyl (C=O) groups is 2. The predicted octanol–water partition coefficient (Wildman–Crippen LogP) is 4.94. The second-order valence-corrected chi connectivity index (χ2v) is 6.47. The van der Waals surface area contributed by atoms with E-state index in [-0.39, 0.29) is 11.9 Å². The van der Waals surface area contributed by atoms with Gasteiger partial charge in [-0.1, -0.05) is 23.8 Å². The number of hydrogen-bond acceptors (Lipinski definition) is 5. The standard InChI is InChI=1S/C22H30O5/c1-17(2)8-5-10-19(21(23)25-3)12-7-13-20(22(24)26-4)11-6-9-18-14-15-27-16-18/h8,11-12,14-16H,5-7,9-10,13H2,1-4H3/b19-12+,20-11-. The molecule has 1 rings (SSSR count). The van der Waals surface area contributed by atoms with E-state index in [4.69, 9.17) is 13.9 Å².